The molecule has 0 spiro atoms. The molecule has 0 atom stereocenters. The van der Waals surface area contributed by atoms with Crippen molar-refractivity contribution in [3.8, 4) is 0 Å². The molecule has 1 amide bonds. The van der Waals surface area contributed by atoms with Gasteiger partial charge in [-0.3, -0.25) is 4.79 Å². The number of rotatable bonds is 7. The summed E-state index contributed by atoms with van der Waals surface area (Å²) in [5, 5.41) is 2.67. The summed E-state index contributed by atoms with van der Waals surface area (Å²) in [6.07, 6.45) is 1.50. The van der Waals surface area contributed by atoms with Crippen molar-refractivity contribution in [3.63, 3.8) is 0 Å². The van der Waals surface area contributed by atoms with Crippen molar-refractivity contribution in [2.75, 3.05) is 29.1 Å². The van der Waals surface area contributed by atoms with Crippen molar-refractivity contribution < 1.29 is 13.2 Å². The number of anilines is 2. The summed E-state index contributed by atoms with van der Waals surface area (Å²) in [4.78, 5) is 19.0. The van der Waals surface area contributed by atoms with E-state index < -0.39 is 15.7 Å². The highest BCUT2D eigenvalue weighted by molar-refractivity contribution is 7.91. The minimum absolute atomic E-state index is 0.0278. The Morgan fingerprint density at radius 1 is 1.08 bits per heavy atom. The van der Waals surface area contributed by atoms with Gasteiger partial charge in [-0.1, -0.05) is 19.1 Å². The topological polar surface area (TPSA) is 79.4 Å². The molecule has 6 nitrogen and oxygen atoms in total. The first-order valence-corrected chi connectivity index (χ1v) is 9.92. The quantitative estimate of drug-likeness (QED) is 0.820. The second-order valence-corrected chi connectivity index (χ2v) is 7.68. The number of aromatic nitrogens is 1. The molecule has 2 aromatic rings. The maximum atomic E-state index is 12.4. The molecule has 0 fully saturated rings. The molecule has 1 aromatic carbocycles. The molecule has 0 saturated heterocycles. The van der Waals surface area contributed by atoms with Gasteiger partial charge in [0.15, 0.2) is 9.84 Å². The van der Waals surface area contributed by atoms with Gasteiger partial charge in [0.1, 0.15) is 5.82 Å². The van der Waals surface area contributed by atoms with E-state index in [2.05, 4.69) is 15.2 Å². The summed E-state index contributed by atoms with van der Waals surface area (Å²) in [5.74, 6) is 0.382. The van der Waals surface area contributed by atoms with Gasteiger partial charge in [-0.15, -0.1) is 0 Å². The summed E-state index contributed by atoms with van der Waals surface area (Å²) in [5.41, 5.74) is 0.654. The average molecular weight is 361 g/mol. The molecule has 134 valence electrons. The lowest BCUT2D eigenvalue weighted by molar-refractivity contribution is 0.102. The van der Waals surface area contributed by atoms with E-state index in [4.69, 9.17) is 0 Å². The number of carbonyl (C=O) groups excluding carboxylic acids is 1. The summed E-state index contributed by atoms with van der Waals surface area (Å²) in [7, 11) is -3.42. The molecular formula is C18H23N3O3S. The number of nitrogens with zero attached hydrogens (tertiary/aromatic N) is 2. The van der Waals surface area contributed by atoms with Gasteiger partial charge in [0.05, 0.1) is 21.9 Å². The molecule has 0 unspecified atom stereocenters. The maximum Gasteiger partial charge on any atom is 0.257 e. The fraction of sp³-hybridized carbons (Fsp3) is 0.333. The fourth-order valence-electron chi connectivity index (χ4n) is 2.45. The van der Waals surface area contributed by atoms with Gasteiger partial charge in [-0.2, -0.15) is 0 Å². The molecule has 2 rings (SSSR count). The van der Waals surface area contributed by atoms with E-state index in [9.17, 15) is 13.2 Å². The van der Waals surface area contributed by atoms with E-state index in [1.165, 1.54) is 12.3 Å². The summed E-state index contributed by atoms with van der Waals surface area (Å²) >= 11 is 0. The molecule has 0 aliphatic carbocycles. The minimum atomic E-state index is -3.42. The van der Waals surface area contributed by atoms with Crippen molar-refractivity contribution in [2.45, 2.75) is 25.7 Å². The summed E-state index contributed by atoms with van der Waals surface area (Å²) < 4.78 is 24.3. The number of hydrogen-bond donors (Lipinski definition) is 1. The van der Waals surface area contributed by atoms with Crippen molar-refractivity contribution in [1.29, 1.82) is 0 Å². The van der Waals surface area contributed by atoms with Crippen LogP contribution in [0.5, 0.6) is 0 Å². The zero-order valence-corrected chi connectivity index (χ0v) is 15.5. The van der Waals surface area contributed by atoms with Gasteiger partial charge in [0, 0.05) is 19.3 Å². The Labute approximate surface area is 148 Å². The van der Waals surface area contributed by atoms with E-state index in [0.717, 1.165) is 18.9 Å². The number of sulfone groups is 1. The second kappa shape index (κ2) is 8.11. The van der Waals surface area contributed by atoms with Crippen LogP contribution in [0.15, 0.2) is 47.5 Å². The van der Waals surface area contributed by atoms with E-state index >= 15 is 0 Å². The van der Waals surface area contributed by atoms with Crippen LogP contribution in [0.1, 0.15) is 31.1 Å². The molecule has 0 radical (unpaired) electrons. The average Bonchev–Trinajstić information content (AvgIpc) is 2.63. The van der Waals surface area contributed by atoms with E-state index in [1.807, 2.05) is 13.8 Å². The molecule has 1 N–H and O–H groups in total. The molecule has 1 heterocycles. The lowest BCUT2D eigenvalue weighted by atomic mass is 10.2. The van der Waals surface area contributed by atoms with Crippen LogP contribution in [0, 0.1) is 0 Å². The van der Waals surface area contributed by atoms with Gasteiger partial charge in [-0.25, -0.2) is 13.4 Å². The first-order chi connectivity index (χ1) is 11.9. The van der Waals surface area contributed by atoms with Crippen LogP contribution in [-0.4, -0.2) is 38.2 Å². The van der Waals surface area contributed by atoms with Crippen LogP contribution in [0.25, 0.3) is 0 Å². The van der Waals surface area contributed by atoms with E-state index in [-0.39, 0.29) is 16.3 Å². The summed E-state index contributed by atoms with van der Waals surface area (Å²) in [6, 6.07) is 9.88. The highest BCUT2D eigenvalue weighted by Crippen LogP contribution is 2.22. The third-order valence-corrected chi connectivity index (χ3v) is 5.73. The lowest BCUT2D eigenvalue weighted by Gasteiger charge is -2.19. The van der Waals surface area contributed by atoms with E-state index in [1.54, 1.807) is 37.3 Å². The van der Waals surface area contributed by atoms with Crippen LogP contribution in [0.4, 0.5) is 11.5 Å². The van der Waals surface area contributed by atoms with Gasteiger partial charge >= 0.3 is 0 Å². The highest BCUT2D eigenvalue weighted by Gasteiger charge is 2.18. The molecule has 7 heteroatoms. The van der Waals surface area contributed by atoms with Gasteiger partial charge in [0.2, 0.25) is 0 Å². The zero-order valence-electron chi connectivity index (χ0n) is 14.7. The number of carbonyl (C=O) groups is 1. The number of hydrogen-bond acceptors (Lipinski definition) is 5. The van der Waals surface area contributed by atoms with Crippen LogP contribution in [-0.2, 0) is 9.84 Å². The Morgan fingerprint density at radius 2 is 1.76 bits per heavy atom. The molecule has 0 aliphatic heterocycles. The number of nitrogens with one attached hydrogen (secondary N) is 1. The normalized spacial score (nSPS) is 11.2. The van der Waals surface area contributed by atoms with Crippen LogP contribution in [0.3, 0.4) is 0 Å². The number of para-hydroxylation sites is 1. The van der Waals surface area contributed by atoms with Crippen molar-refractivity contribution in [2.24, 2.45) is 0 Å². The van der Waals surface area contributed by atoms with Crippen LogP contribution >= 0.6 is 0 Å². The molecule has 0 saturated carbocycles. The first kappa shape index (κ1) is 18.9. The van der Waals surface area contributed by atoms with Gasteiger partial charge in [0.25, 0.3) is 5.91 Å². The maximum absolute atomic E-state index is 12.4. The predicted octanol–water partition coefficient (Wildman–Crippen LogP) is 2.97. The number of amides is 1. The fourth-order valence-corrected chi connectivity index (χ4v) is 3.50. The Bertz CT molecular complexity index is 829. The van der Waals surface area contributed by atoms with Crippen molar-refractivity contribution >= 4 is 27.2 Å². The largest absolute Gasteiger partial charge is 0.357 e. The zero-order chi connectivity index (χ0) is 18.4. The molecule has 1 aromatic heterocycles. The number of pyridine rings is 1. The first-order valence-electron chi connectivity index (χ1n) is 8.27. The SMILES string of the molecule is CCN(CC)c1ccc(C(=O)Nc2ccccc2S(=O)(=O)CC)cn1. The second-order valence-electron chi connectivity index (χ2n) is 5.43. The van der Waals surface area contributed by atoms with Gasteiger partial charge < -0.3 is 10.2 Å². The van der Waals surface area contributed by atoms with Crippen LogP contribution in [0.2, 0.25) is 0 Å². The summed E-state index contributed by atoms with van der Waals surface area (Å²) in [6.45, 7) is 7.31. The Morgan fingerprint density at radius 3 is 2.32 bits per heavy atom. The van der Waals surface area contributed by atoms with Crippen molar-refractivity contribution in [1.82, 2.24) is 4.98 Å². The third-order valence-electron chi connectivity index (χ3n) is 3.95. The molecule has 0 aliphatic rings. The number of benzene rings is 1. The Balaban J connectivity index is 2.24. The monoisotopic (exact) mass is 361 g/mol. The van der Waals surface area contributed by atoms with Crippen molar-refractivity contribution in [3.05, 3.63) is 48.2 Å². The van der Waals surface area contributed by atoms with Crippen LogP contribution < -0.4 is 10.2 Å². The highest BCUT2D eigenvalue weighted by atomic mass is 32.2. The van der Waals surface area contributed by atoms with E-state index in [0.29, 0.717) is 5.56 Å². The Kier molecular flexibility index (Phi) is 6.14. The molecule has 25 heavy (non-hydrogen) atoms. The van der Waals surface area contributed by atoms with Gasteiger partial charge in [-0.05, 0) is 38.1 Å². The Hall–Kier alpha value is -2.41. The molecular weight excluding hydrogens is 338 g/mol. The predicted molar refractivity (Wildman–Crippen MR) is 99.9 cm³/mol. The lowest BCUT2D eigenvalue weighted by Crippen LogP contribution is -2.23. The standard InChI is InChI=1S/C18H23N3O3S/c1-4-21(5-2)17-12-11-14(13-19-17)18(22)20-15-9-7-8-10-16(15)25(23,24)6-3/h7-13H,4-6H2,1-3H3,(H,20,22). The minimum Gasteiger partial charge on any atom is -0.357 e. The smallest absolute Gasteiger partial charge is 0.257 e. The third kappa shape index (κ3) is 4.36. The molecule has 0 bridgehead atoms.